The van der Waals surface area contributed by atoms with E-state index in [2.05, 4.69) is 6.58 Å². The fourth-order valence-corrected chi connectivity index (χ4v) is 3.27. The zero-order valence-electron chi connectivity index (χ0n) is 11.3. The molecule has 1 aliphatic heterocycles. The Morgan fingerprint density at radius 2 is 1.88 bits per heavy atom. The third-order valence-corrected chi connectivity index (χ3v) is 3.99. The first-order chi connectivity index (χ1) is 8.11. The highest BCUT2D eigenvalue weighted by Crippen LogP contribution is 2.37. The highest BCUT2D eigenvalue weighted by molar-refractivity contribution is 4.86. The summed E-state index contributed by atoms with van der Waals surface area (Å²) in [6, 6.07) is 0. The molecular formula is C15H26O2. The average molecular weight is 238 g/mol. The van der Waals surface area contributed by atoms with Crippen LogP contribution in [0.3, 0.4) is 0 Å². The number of ether oxygens (including phenoxy) is 2. The van der Waals surface area contributed by atoms with E-state index in [4.69, 9.17) is 9.47 Å². The molecule has 2 rings (SSSR count). The van der Waals surface area contributed by atoms with Crippen molar-refractivity contribution in [3.05, 3.63) is 12.7 Å². The van der Waals surface area contributed by atoms with Gasteiger partial charge < -0.3 is 9.47 Å². The van der Waals surface area contributed by atoms with E-state index in [0.29, 0.717) is 12.2 Å². The monoisotopic (exact) mass is 238 g/mol. The number of hydrogen-bond acceptors (Lipinski definition) is 2. The highest BCUT2D eigenvalue weighted by atomic mass is 16.7. The van der Waals surface area contributed by atoms with Gasteiger partial charge in [0.1, 0.15) is 0 Å². The SMILES string of the molecule is C=CC[C@H]1C[C@@H](C2CCCCC2)OC(C)(C)O1. The Morgan fingerprint density at radius 3 is 2.53 bits per heavy atom. The predicted octanol–water partition coefficient (Wildman–Crippen LogP) is 4.05. The molecule has 1 heterocycles. The van der Waals surface area contributed by atoms with Crippen molar-refractivity contribution < 1.29 is 9.47 Å². The van der Waals surface area contributed by atoms with Crippen LogP contribution in [0.25, 0.3) is 0 Å². The molecule has 2 nitrogen and oxygen atoms in total. The molecule has 0 spiro atoms. The molecule has 2 heteroatoms. The van der Waals surface area contributed by atoms with Gasteiger partial charge in [0, 0.05) is 6.42 Å². The van der Waals surface area contributed by atoms with Gasteiger partial charge in [0.05, 0.1) is 12.2 Å². The fraction of sp³-hybridized carbons (Fsp3) is 0.867. The van der Waals surface area contributed by atoms with Crippen molar-refractivity contribution in [1.82, 2.24) is 0 Å². The Balaban J connectivity index is 1.98. The third kappa shape index (κ3) is 3.56. The molecule has 0 unspecified atom stereocenters. The summed E-state index contributed by atoms with van der Waals surface area (Å²) in [5.74, 6) is 0.327. The van der Waals surface area contributed by atoms with Crippen molar-refractivity contribution in [2.24, 2.45) is 5.92 Å². The van der Waals surface area contributed by atoms with E-state index >= 15 is 0 Å². The van der Waals surface area contributed by atoms with Crippen LogP contribution in [0.1, 0.15) is 58.8 Å². The van der Waals surface area contributed by atoms with Gasteiger partial charge in [-0.15, -0.1) is 6.58 Å². The van der Waals surface area contributed by atoms with Crippen LogP contribution in [-0.2, 0) is 9.47 Å². The lowest BCUT2D eigenvalue weighted by Gasteiger charge is -2.44. The molecule has 2 fully saturated rings. The van der Waals surface area contributed by atoms with Crippen LogP contribution in [0, 0.1) is 5.92 Å². The summed E-state index contributed by atoms with van der Waals surface area (Å²) >= 11 is 0. The second-order valence-electron chi connectivity index (χ2n) is 5.95. The summed E-state index contributed by atoms with van der Waals surface area (Å²) in [4.78, 5) is 0. The highest BCUT2D eigenvalue weighted by Gasteiger charge is 2.38. The van der Waals surface area contributed by atoms with Crippen LogP contribution in [0.5, 0.6) is 0 Å². The summed E-state index contributed by atoms with van der Waals surface area (Å²) in [7, 11) is 0. The Bertz CT molecular complexity index is 254. The van der Waals surface area contributed by atoms with Crippen LogP contribution < -0.4 is 0 Å². The number of rotatable bonds is 3. The molecule has 0 bridgehead atoms. The summed E-state index contributed by atoms with van der Waals surface area (Å²) in [5, 5.41) is 0. The minimum Gasteiger partial charge on any atom is -0.347 e. The van der Waals surface area contributed by atoms with E-state index < -0.39 is 5.79 Å². The lowest BCUT2D eigenvalue weighted by atomic mass is 9.82. The standard InChI is InChI=1S/C15H26O2/c1-4-8-13-11-14(17-15(2,3)16-13)12-9-6-5-7-10-12/h4,12-14H,1,5-11H2,2-3H3/t13-,14-/m0/s1. The second-order valence-corrected chi connectivity index (χ2v) is 5.95. The Morgan fingerprint density at radius 1 is 1.18 bits per heavy atom. The molecule has 1 saturated heterocycles. The molecule has 0 aromatic carbocycles. The molecule has 1 aliphatic carbocycles. The van der Waals surface area contributed by atoms with Gasteiger partial charge in [0.25, 0.3) is 0 Å². The van der Waals surface area contributed by atoms with E-state index in [9.17, 15) is 0 Å². The van der Waals surface area contributed by atoms with Crippen molar-refractivity contribution in [3.8, 4) is 0 Å². The van der Waals surface area contributed by atoms with Crippen molar-refractivity contribution in [2.75, 3.05) is 0 Å². The Hall–Kier alpha value is -0.340. The molecule has 2 atom stereocenters. The molecule has 0 aromatic rings. The summed E-state index contributed by atoms with van der Waals surface area (Å²) in [5.41, 5.74) is 0. The maximum atomic E-state index is 6.13. The molecule has 2 aliphatic rings. The Kier molecular flexibility index (Phi) is 4.26. The first kappa shape index (κ1) is 13.1. The van der Waals surface area contributed by atoms with Gasteiger partial charge in [0.15, 0.2) is 5.79 Å². The molecule has 0 N–H and O–H groups in total. The van der Waals surface area contributed by atoms with Gasteiger partial charge >= 0.3 is 0 Å². The quantitative estimate of drug-likeness (QED) is 0.690. The smallest absolute Gasteiger partial charge is 0.163 e. The van der Waals surface area contributed by atoms with E-state index in [-0.39, 0.29) is 0 Å². The lowest BCUT2D eigenvalue weighted by Crippen LogP contribution is -2.47. The van der Waals surface area contributed by atoms with E-state index in [1.807, 2.05) is 19.9 Å². The van der Waals surface area contributed by atoms with E-state index in [1.165, 1.54) is 32.1 Å². The molecular weight excluding hydrogens is 212 g/mol. The van der Waals surface area contributed by atoms with Crippen molar-refractivity contribution in [1.29, 1.82) is 0 Å². The van der Waals surface area contributed by atoms with Gasteiger partial charge in [-0.2, -0.15) is 0 Å². The molecule has 0 radical (unpaired) electrons. The maximum Gasteiger partial charge on any atom is 0.163 e. The van der Waals surface area contributed by atoms with Crippen LogP contribution in [0.15, 0.2) is 12.7 Å². The number of hydrogen-bond donors (Lipinski definition) is 0. The van der Waals surface area contributed by atoms with Crippen molar-refractivity contribution >= 4 is 0 Å². The zero-order chi connectivity index (χ0) is 12.3. The fourth-order valence-electron chi connectivity index (χ4n) is 3.27. The molecule has 0 aromatic heterocycles. The van der Waals surface area contributed by atoms with E-state index in [0.717, 1.165) is 18.8 Å². The molecule has 17 heavy (non-hydrogen) atoms. The van der Waals surface area contributed by atoms with Crippen LogP contribution >= 0.6 is 0 Å². The minimum absolute atomic E-state index is 0.295. The van der Waals surface area contributed by atoms with Crippen molar-refractivity contribution in [2.45, 2.75) is 76.8 Å². The summed E-state index contributed by atoms with van der Waals surface area (Å²) < 4.78 is 12.1. The van der Waals surface area contributed by atoms with Crippen LogP contribution in [0.2, 0.25) is 0 Å². The van der Waals surface area contributed by atoms with Gasteiger partial charge in [0.2, 0.25) is 0 Å². The molecule has 0 amide bonds. The first-order valence-electron chi connectivity index (χ1n) is 7.07. The largest absolute Gasteiger partial charge is 0.347 e. The minimum atomic E-state index is -0.423. The van der Waals surface area contributed by atoms with Crippen LogP contribution in [0.4, 0.5) is 0 Å². The lowest BCUT2D eigenvalue weighted by molar-refractivity contribution is -0.308. The zero-order valence-corrected chi connectivity index (χ0v) is 11.3. The maximum absolute atomic E-state index is 6.13. The average Bonchev–Trinajstić information content (AvgIpc) is 2.28. The van der Waals surface area contributed by atoms with Gasteiger partial charge in [-0.05, 0) is 39.0 Å². The summed E-state index contributed by atoms with van der Waals surface area (Å²) in [6.45, 7) is 7.90. The van der Waals surface area contributed by atoms with E-state index in [1.54, 1.807) is 0 Å². The molecule has 98 valence electrons. The summed E-state index contributed by atoms with van der Waals surface area (Å²) in [6.07, 6.45) is 11.4. The topological polar surface area (TPSA) is 18.5 Å². The first-order valence-corrected chi connectivity index (χ1v) is 7.07. The third-order valence-electron chi connectivity index (χ3n) is 3.99. The Labute approximate surface area is 105 Å². The van der Waals surface area contributed by atoms with Crippen molar-refractivity contribution in [3.63, 3.8) is 0 Å². The normalized spacial score (nSPS) is 34.5. The predicted molar refractivity (Wildman–Crippen MR) is 69.8 cm³/mol. The molecule has 1 saturated carbocycles. The second kappa shape index (κ2) is 5.53. The van der Waals surface area contributed by atoms with Gasteiger partial charge in [-0.25, -0.2) is 0 Å². The van der Waals surface area contributed by atoms with Gasteiger partial charge in [-0.3, -0.25) is 0 Å². The van der Waals surface area contributed by atoms with Crippen LogP contribution in [-0.4, -0.2) is 18.0 Å². The van der Waals surface area contributed by atoms with Gasteiger partial charge in [-0.1, -0.05) is 25.3 Å².